The molecular formula is C7H16N2. The molecule has 3 N–H and O–H groups in total. The van der Waals surface area contributed by atoms with Crippen LogP contribution < -0.4 is 11.1 Å². The fraction of sp³-hybridized carbons (Fsp3) is 1.00. The summed E-state index contributed by atoms with van der Waals surface area (Å²) in [6.45, 7) is 4.38. The molecular weight excluding hydrogens is 112 g/mol. The first-order valence-corrected chi connectivity index (χ1v) is 3.70. The van der Waals surface area contributed by atoms with Gasteiger partial charge in [0, 0.05) is 18.1 Å². The van der Waals surface area contributed by atoms with E-state index in [0.717, 1.165) is 12.8 Å². The van der Waals surface area contributed by atoms with Crippen LogP contribution in [0.1, 0.15) is 26.7 Å². The van der Waals surface area contributed by atoms with Crippen LogP contribution in [-0.4, -0.2) is 18.1 Å². The summed E-state index contributed by atoms with van der Waals surface area (Å²) in [6, 6.07) is 1.66. The molecule has 1 fully saturated rings. The van der Waals surface area contributed by atoms with Gasteiger partial charge in [-0.2, -0.15) is 0 Å². The van der Waals surface area contributed by atoms with Crippen molar-refractivity contribution in [2.45, 2.75) is 44.8 Å². The number of hydrogen-bond donors (Lipinski definition) is 2. The van der Waals surface area contributed by atoms with Gasteiger partial charge in [-0.1, -0.05) is 0 Å². The molecule has 0 amide bonds. The summed E-state index contributed by atoms with van der Waals surface area (Å²) in [6.07, 6.45) is 2.26. The van der Waals surface area contributed by atoms with Gasteiger partial charge >= 0.3 is 0 Å². The van der Waals surface area contributed by atoms with Crippen LogP contribution in [0.15, 0.2) is 0 Å². The minimum absolute atomic E-state index is 0.427. The van der Waals surface area contributed by atoms with Crippen LogP contribution in [0.3, 0.4) is 0 Å². The lowest BCUT2D eigenvalue weighted by Crippen LogP contribution is -2.47. The summed E-state index contributed by atoms with van der Waals surface area (Å²) in [4.78, 5) is 0. The minimum Gasteiger partial charge on any atom is -0.328 e. The largest absolute Gasteiger partial charge is 0.328 e. The maximum atomic E-state index is 5.78. The lowest BCUT2D eigenvalue weighted by molar-refractivity contribution is 0.317. The Morgan fingerprint density at radius 3 is 2.00 bits per heavy atom. The predicted octanol–water partition coefficient (Wildman–Crippen LogP) is 0.474. The van der Waals surface area contributed by atoms with E-state index in [1.54, 1.807) is 0 Å². The molecule has 1 heterocycles. The van der Waals surface area contributed by atoms with Crippen molar-refractivity contribution in [1.29, 1.82) is 0 Å². The normalized spacial score (nSPS) is 45.0. The monoisotopic (exact) mass is 128 g/mol. The second kappa shape index (κ2) is 2.67. The molecule has 9 heavy (non-hydrogen) atoms. The van der Waals surface area contributed by atoms with Gasteiger partial charge in [0.1, 0.15) is 0 Å². The Hall–Kier alpha value is -0.0800. The van der Waals surface area contributed by atoms with E-state index >= 15 is 0 Å². The van der Waals surface area contributed by atoms with Crippen molar-refractivity contribution < 1.29 is 0 Å². The van der Waals surface area contributed by atoms with E-state index in [1.807, 2.05) is 0 Å². The highest BCUT2D eigenvalue weighted by molar-refractivity contribution is 4.82. The molecule has 54 valence electrons. The van der Waals surface area contributed by atoms with Crippen LogP contribution in [0.2, 0.25) is 0 Å². The SMILES string of the molecule is C[C@H]1CC(N)C[C@H](C)N1. The van der Waals surface area contributed by atoms with E-state index in [4.69, 9.17) is 5.73 Å². The first-order chi connectivity index (χ1) is 4.18. The van der Waals surface area contributed by atoms with E-state index in [2.05, 4.69) is 19.2 Å². The Kier molecular flexibility index (Phi) is 2.09. The van der Waals surface area contributed by atoms with Gasteiger partial charge < -0.3 is 11.1 Å². The molecule has 0 aromatic heterocycles. The summed E-state index contributed by atoms with van der Waals surface area (Å²) in [5.74, 6) is 0. The molecule has 1 aliphatic heterocycles. The van der Waals surface area contributed by atoms with Crippen molar-refractivity contribution in [1.82, 2.24) is 5.32 Å². The minimum atomic E-state index is 0.427. The maximum absolute atomic E-state index is 5.78. The first kappa shape index (κ1) is 7.03. The molecule has 0 radical (unpaired) electrons. The highest BCUT2D eigenvalue weighted by Crippen LogP contribution is 2.10. The zero-order valence-electron chi connectivity index (χ0n) is 6.22. The molecule has 0 aromatic carbocycles. The van der Waals surface area contributed by atoms with Crippen LogP contribution in [0.4, 0.5) is 0 Å². The average molecular weight is 128 g/mol. The Morgan fingerprint density at radius 1 is 1.22 bits per heavy atom. The molecule has 0 bridgehead atoms. The third kappa shape index (κ3) is 1.95. The van der Waals surface area contributed by atoms with Crippen molar-refractivity contribution in [3.8, 4) is 0 Å². The fourth-order valence-corrected chi connectivity index (χ4v) is 1.63. The summed E-state index contributed by atoms with van der Waals surface area (Å²) in [5.41, 5.74) is 5.78. The second-order valence-corrected chi connectivity index (χ2v) is 3.20. The molecule has 2 heteroatoms. The van der Waals surface area contributed by atoms with Gasteiger partial charge in [-0.15, -0.1) is 0 Å². The van der Waals surface area contributed by atoms with Crippen LogP contribution in [-0.2, 0) is 0 Å². The molecule has 2 atom stereocenters. The molecule has 2 nitrogen and oxygen atoms in total. The van der Waals surface area contributed by atoms with Crippen LogP contribution >= 0.6 is 0 Å². The quantitative estimate of drug-likeness (QED) is 0.498. The van der Waals surface area contributed by atoms with Crippen molar-refractivity contribution in [3.63, 3.8) is 0 Å². The zero-order valence-corrected chi connectivity index (χ0v) is 6.22. The Morgan fingerprint density at radius 2 is 1.67 bits per heavy atom. The summed E-state index contributed by atoms with van der Waals surface area (Å²) < 4.78 is 0. The fourth-order valence-electron chi connectivity index (χ4n) is 1.63. The third-order valence-corrected chi connectivity index (χ3v) is 1.88. The lowest BCUT2D eigenvalue weighted by Gasteiger charge is -2.30. The highest BCUT2D eigenvalue weighted by Gasteiger charge is 2.19. The van der Waals surface area contributed by atoms with E-state index in [-0.39, 0.29) is 0 Å². The van der Waals surface area contributed by atoms with Crippen molar-refractivity contribution >= 4 is 0 Å². The predicted molar refractivity (Wildman–Crippen MR) is 39.3 cm³/mol. The molecule has 0 saturated carbocycles. The van der Waals surface area contributed by atoms with E-state index in [9.17, 15) is 0 Å². The first-order valence-electron chi connectivity index (χ1n) is 3.70. The zero-order chi connectivity index (χ0) is 6.85. The van der Waals surface area contributed by atoms with Crippen molar-refractivity contribution in [2.24, 2.45) is 5.73 Å². The molecule has 1 rings (SSSR count). The average Bonchev–Trinajstić information content (AvgIpc) is 1.59. The van der Waals surface area contributed by atoms with E-state index < -0.39 is 0 Å². The van der Waals surface area contributed by atoms with Gasteiger partial charge in [-0.3, -0.25) is 0 Å². The second-order valence-electron chi connectivity index (χ2n) is 3.20. The molecule has 0 unspecified atom stereocenters. The van der Waals surface area contributed by atoms with Gasteiger partial charge in [0.15, 0.2) is 0 Å². The third-order valence-electron chi connectivity index (χ3n) is 1.88. The van der Waals surface area contributed by atoms with Gasteiger partial charge in [0.25, 0.3) is 0 Å². The molecule has 1 aliphatic rings. The molecule has 1 saturated heterocycles. The van der Waals surface area contributed by atoms with Crippen LogP contribution in [0.5, 0.6) is 0 Å². The Balaban J connectivity index is 2.34. The van der Waals surface area contributed by atoms with Crippen LogP contribution in [0, 0.1) is 0 Å². The molecule has 0 aliphatic carbocycles. The smallest absolute Gasteiger partial charge is 0.00682 e. The molecule has 0 aromatic rings. The van der Waals surface area contributed by atoms with Crippen LogP contribution in [0.25, 0.3) is 0 Å². The summed E-state index contributed by atoms with van der Waals surface area (Å²) in [5, 5.41) is 3.43. The standard InChI is InChI=1S/C7H16N2/c1-5-3-7(8)4-6(2)9-5/h5-7,9H,3-4,8H2,1-2H3/t5-,6-/m0/s1. The molecule has 0 spiro atoms. The van der Waals surface area contributed by atoms with E-state index in [1.165, 1.54) is 0 Å². The van der Waals surface area contributed by atoms with Crippen molar-refractivity contribution in [2.75, 3.05) is 0 Å². The van der Waals surface area contributed by atoms with Gasteiger partial charge in [-0.05, 0) is 26.7 Å². The van der Waals surface area contributed by atoms with Gasteiger partial charge in [0.05, 0.1) is 0 Å². The maximum Gasteiger partial charge on any atom is 0.00682 e. The number of nitrogens with one attached hydrogen (secondary N) is 1. The van der Waals surface area contributed by atoms with Gasteiger partial charge in [0.2, 0.25) is 0 Å². The summed E-state index contributed by atoms with van der Waals surface area (Å²) >= 11 is 0. The van der Waals surface area contributed by atoms with E-state index in [0.29, 0.717) is 18.1 Å². The number of rotatable bonds is 0. The number of nitrogens with two attached hydrogens (primary N) is 1. The number of piperidine rings is 1. The highest BCUT2D eigenvalue weighted by atomic mass is 15.0. The lowest BCUT2D eigenvalue weighted by atomic mass is 9.96. The number of hydrogen-bond acceptors (Lipinski definition) is 2. The topological polar surface area (TPSA) is 38.0 Å². The Labute approximate surface area is 56.8 Å². The summed E-state index contributed by atoms with van der Waals surface area (Å²) in [7, 11) is 0. The van der Waals surface area contributed by atoms with Crippen molar-refractivity contribution in [3.05, 3.63) is 0 Å². The Bertz CT molecular complexity index is 67.9. The van der Waals surface area contributed by atoms with Gasteiger partial charge in [-0.25, -0.2) is 0 Å².